The van der Waals surface area contributed by atoms with Crippen LogP contribution in [-0.4, -0.2) is 80.2 Å². The summed E-state index contributed by atoms with van der Waals surface area (Å²) in [7, 11) is 0.957. The Morgan fingerprint density at radius 3 is 2.62 bits per heavy atom. The van der Waals surface area contributed by atoms with Gasteiger partial charge in [-0.1, -0.05) is 55.5 Å². The topological polar surface area (TPSA) is 124 Å². The van der Waals surface area contributed by atoms with Gasteiger partial charge in [0.1, 0.15) is 5.75 Å². The van der Waals surface area contributed by atoms with Crippen molar-refractivity contribution in [3.8, 4) is 5.75 Å². The lowest BCUT2D eigenvalue weighted by Crippen LogP contribution is -2.52. The van der Waals surface area contributed by atoms with Gasteiger partial charge >= 0.3 is 0 Å². The fourth-order valence-corrected chi connectivity index (χ4v) is 13.0. The van der Waals surface area contributed by atoms with Gasteiger partial charge in [-0.15, -0.1) is 0 Å². The molecular weight excluding hydrogens is 649 g/mol. The van der Waals surface area contributed by atoms with Gasteiger partial charge in [-0.25, -0.2) is 0 Å². The number of nitrogens with one attached hydrogen (secondary N) is 2. The first-order valence-electron chi connectivity index (χ1n) is 17.5. The number of anilines is 2. The summed E-state index contributed by atoms with van der Waals surface area (Å²) in [6.07, 6.45) is 3.26. The first kappa shape index (κ1) is 34.0. The van der Waals surface area contributed by atoms with Gasteiger partial charge in [0, 0.05) is 47.9 Å². The molecule has 3 amide bonds. The van der Waals surface area contributed by atoms with E-state index in [4.69, 9.17) is 9.47 Å². The van der Waals surface area contributed by atoms with Crippen LogP contribution in [0.3, 0.4) is 0 Å². The maximum absolute atomic E-state index is 14.5. The average Bonchev–Trinajstić information content (AvgIpc) is 3.87. The average molecular weight is 695 g/mol. The molecule has 2 saturated heterocycles. The number of methoxy groups -OCH3 is 1. The van der Waals surface area contributed by atoms with Crippen molar-refractivity contribution in [2.45, 2.75) is 69.0 Å². The molecule has 1 spiro atoms. The van der Waals surface area contributed by atoms with E-state index >= 15 is 0 Å². The number of para-hydroxylation sites is 1. The molecule has 0 aliphatic carbocycles. The Morgan fingerprint density at radius 2 is 1.88 bits per heavy atom. The van der Waals surface area contributed by atoms with E-state index in [0.717, 1.165) is 40.7 Å². The van der Waals surface area contributed by atoms with Gasteiger partial charge in [0.25, 0.3) is 5.91 Å². The minimum Gasteiger partial charge on any atom is -0.497 e. The van der Waals surface area contributed by atoms with Gasteiger partial charge in [0.2, 0.25) is 11.8 Å². The molecule has 0 radical (unpaired) electrons. The molecule has 262 valence electrons. The number of benzene rings is 3. The number of rotatable bonds is 9. The number of hydrogen-bond acceptors (Lipinski definition) is 6. The van der Waals surface area contributed by atoms with Gasteiger partial charge < -0.3 is 34.7 Å². The summed E-state index contributed by atoms with van der Waals surface area (Å²) < 4.78 is 12.5. The second-order valence-corrected chi connectivity index (χ2v) is 19.3. The van der Waals surface area contributed by atoms with E-state index in [1.807, 2.05) is 60.8 Å². The van der Waals surface area contributed by atoms with Crippen LogP contribution in [0.4, 0.5) is 11.4 Å². The molecule has 0 unspecified atom stereocenters. The molecule has 11 heteroatoms. The van der Waals surface area contributed by atoms with Gasteiger partial charge in [-0.3, -0.25) is 14.4 Å². The van der Waals surface area contributed by atoms with Crippen molar-refractivity contribution in [1.29, 1.82) is 0 Å². The van der Waals surface area contributed by atoms with Crippen LogP contribution in [0.2, 0.25) is 18.6 Å². The maximum Gasteiger partial charge on any atom is 0.264 e. The number of ether oxygens (including phenoxy) is 2. The molecular formula is C39H46N4O6Si. The number of carbonyl (C=O) groups is 3. The smallest absolute Gasteiger partial charge is 0.264 e. The molecule has 50 heavy (non-hydrogen) atoms. The van der Waals surface area contributed by atoms with E-state index in [1.165, 1.54) is 5.19 Å². The number of aromatic amines is 1. The quantitative estimate of drug-likeness (QED) is 0.214. The van der Waals surface area contributed by atoms with Crippen molar-refractivity contribution < 1.29 is 29.0 Å². The number of H-pyrrole nitrogens is 1. The molecule has 2 fully saturated rings. The summed E-state index contributed by atoms with van der Waals surface area (Å²) >= 11 is 0. The van der Waals surface area contributed by atoms with Crippen molar-refractivity contribution >= 4 is 53.3 Å². The maximum atomic E-state index is 14.5. The third kappa shape index (κ3) is 5.52. The highest BCUT2D eigenvalue weighted by Crippen LogP contribution is 2.60. The van der Waals surface area contributed by atoms with Gasteiger partial charge in [0.15, 0.2) is 5.60 Å². The minimum absolute atomic E-state index is 0.0577. The van der Waals surface area contributed by atoms with Crippen LogP contribution in [0, 0.1) is 5.92 Å². The van der Waals surface area contributed by atoms with Crippen molar-refractivity contribution in [1.82, 2.24) is 9.88 Å². The summed E-state index contributed by atoms with van der Waals surface area (Å²) in [6.45, 7) is 7.19. The zero-order chi connectivity index (χ0) is 35.4. The lowest BCUT2D eigenvalue weighted by Gasteiger charge is -2.37. The monoisotopic (exact) mass is 694 g/mol. The Kier molecular flexibility index (Phi) is 8.86. The molecule has 1 aromatic heterocycles. The summed E-state index contributed by atoms with van der Waals surface area (Å²) in [5.74, 6) is 0.0843. The molecule has 3 aromatic carbocycles. The van der Waals surface area contributed by atoms with Gasteiger partial charge in [0.05, 0.1) is 52.5 Å². The lowest BCUT2D eigenvalue weighted by molar-refractivity contribution is -0.149. The Balaban J connectivity index is 1.24. The molecule has 7 rings (SSSR count). The Bertz CT molecular complexity index is 1940. The van der Waals surface area contributed by atoms with E-state index in [0.29, 0.717) is 17.8 Å². The Labute approximate surface area is 293 Å². The highest BCUT2D eigenvalue weighted by Gasteiger charge is 2.66. The van der Waals surface area contributed by atoms with Crippen molar-refractivity contribution in [2.75, 3.05) is 37.5 Å². The molecule has 4 heterocycles. The molecule has 3 N–H and O–H groups in total. The van der Waals surface area contributed by atoms with Crippen LogP contribution in [0.25, 0.3) is 10.9 Å². The number of fused-ring (bicyclic) bond motifs is 3. The lowest BCUT2D eigenvalue weighted by atomic mass is 9.82. The molecule has 0 bridgehead atoms. The number of amides is 3. The zero-order valence-corrected chi connectivity index (χ0v) is 30.4. The van der Waals surface area contributed by atoms with Crippen LogP contribution in [0.5, 0.6) is 5.75 Å². The molecule has 3 aliphatic rings. The molecule has 10 nitrogen and oxygen atoms in total. The Hall–Kier alpha value is -4.45. The first-order chi connectivity index (χ1) is 24.0. The normalized spacial score (nSPS) is 24.7. The SMILES string of the molecule is COc1ccc([Si](C)(C)[C@H]2[C@H](CC(=O)N3CCC[C@H]3CO)O[C@@]3(C(=O)N(C)c4ccc(NC(=O)Cc5c[nH]c6ccccc56)cc43)[C@@H]2C)cc1. The van der Waals surface area contributed by atoms with E-state index < -0.39 is 19.8 Å². The fraction of sp³-hybridized carbons (Fsp3) is 0.410. The minimum atomic E-state index is -2.45. The number of aromatic nitrogens is 1. The van der Waals surface area contributed by atoms with Crippen LogP contribution in [0.15, 0.2) is 72.9 Å². The van der Waals surface area contributed by atoms with Crippen molar-refractivity contribution in [2.24, 2.45) is 5.92 Å². The van der Waals surface area contributed by atoms with Gasteiger partial charge in [-0.2, -0.15) is 0 Å². The third-order valence-electron chi connectivity index (χ3n) is 11.6. The fourth-order valence-electron chi connectivity index (χ4n) is 9.00. The first-order valence-corrected chi connectivity index (χ1v) is 20.6. The largest absolute Gasteiger partial charge is 0.497 e. The van der Waals surface area contributed by atoms with Crippen LogP contribution in [0.1, 0.15) is 37.3 Å². The molecule has 5 atom stereocenters. The van der Waals surface area contributed by atoms with E-state index in [2.05, 4.69) is 42.5 Å². The standard InChI is InChI=1S/C39H46N4O6Si/c1-24-37(50(4,5)29-15-13-28(48-3)14-16-29)34(21-36(46)43-18-8-9-27(43)23-44)49-39(24)31-20-26(12-17-33(31)42(2)38(39)47)41-35(45)19-25-22-40-32-11-7-6-10-30(25)32/h6-7,10-17,20,22,24,27,34,37,40,44H,8-9,18-19,21,23H2,1-5H3,(H,41,45)/t24-,27+,34+,37-,39+/m1/s1. The highest BCUT2D eigenvalue weighted by atomic mass is 28.3. The van der Waals surface area contributed by atoms with Gasteiger partial charge in [-0.05, 0) is 60.3 Å². The highest BCUT2D eigenvalue weighted by molar-refractivity contribution is 6.91. The number of likely N-dealkylation sites (N-methyl/N-ethyl adjacent to an activating group) is 1. The zero-order valence-electron chi connectivity index (χ0n) is 29.4. The number of aliphatic hydroxyl groups is 1. The number of nitrogens with zero attached hydrogens (tertiary/aromatic N) is 2. The summed E-state index contributed by atoms with van der Waals surface area (Å²) in [5, 5.41) is 15.3. The number of carbonyl (C=O) groups excluding carboxylic acids is 3. The Morgan fingerprint density at radius 1 is 1.12 bits per heavy atom. The summed E-state index contributed by atoms with van der Waals surface area (Å²) in [5.41, 5.74) is 2.44. The summed E-state index contributed by atoms with van der Waals surface area (Å²) in [6, 6.07) is 21.4. The van der Waals surface area contributed by atoms with E-state index in [9.17, 15) is 19.5 Å². The number of aliphatic hydroxyl groups excluding tert-OH is 1. The van der Waals surface area contributed by atoms with Crippen molar-refractivity contribution in [3.63, 3.8) is 0 Å². The molecule has 3 aliphatic heterocycles. The second-order valence-electron chi connectivity index (χ2n) is 14.6. The summed E-state index contributed by atoms with van der Waals surface area (Å²) in [4.78, 5) is 48.5. The van der Waals surface area contributed by atoms with Crippen LogP contribution < -0.4 is 20.1 Å². The van der Waals surface area contributed by atoms with E-state index in [-0.39, 0.29) is 54.7 Å². The second kappa shape index (κ2) is 13.0. The van der Waals surface area contributed by atoms with Crippen LogP contribution in [-0.2, 0) is 31.1 Å². The van der Waals surface area contributed by atoms with E-state index in [1.54, 1.807) is 24.0 Å². The van der Waals surface area contributed by atoms with Crippen molar-refractivity contribution in [3.05, 3.63) is 84.1 Å². The molecule has 0 saturated carbocycles. The predicted molar refractivity (Wildman–Crippen MR) is 196 cm³/mol. The predicted octanol–water partition coefficient (Wildman–Crippen LogP) is 4.92. The van der Waals surface area contributed by atoms with Crippen LogP contribution >= 0.6 is 0 Å². The third-order valence-corrected chi connectivity index (χ3v) is 15.9. The number of hydrogen-bond donors (Lipinski definition) is 3. The molecule has 4 aromatic rings. The number of likely N-dealkylation sites (tertiary alicyclic amines) is 1.